The predicted molar refractivity (Wildman–Crippen MR) is 42.6 cm³/mol. The molecule has 3 nitrogen and oxygen atoms in total. The maximum Gasteiger partial charge on any atom is 0.254 e. The molecule has 0 aliphatic rings. The highest BCUT2D eigenvalue weighted by Gasteiger charge is 2.06. The summed E-state index contributed by atoms with van der Waals surface area (Å²) in [6.07, 6.45) is 2.97. The minimum atomic E-state index is -0.219. The van der Waals surface area contributed by atoms with Gasteiger partial charge in [-0.15, -0.1) is 0 Å². The molecule has 0 aliphatic carbocycles. The number of hydrogen-bond donors (Lipinski definition) is 1. The van der Waals surface area contributed by atoms with Crippen LogP contribution in [0.5, 0.6) is 0 Å². The Morgan fingerprint density at radius 2 is 2.45 bits per heavy atom. The van der Waals surface area contributed by atoms with Crippen LogP contribution >= 0.6 is 11.6 Å². The average Bonchev–Trinajstić information content (AvgIpc) is 2.04. The Hall–Kier alpha value is -1.09. The number of pyridine rings is 1. The molecule has 4 heteroatoms. The van der Waals surface area contributed by atoms with E-state index in [0.29, 0.717) is 10.6 Å². The van der Waals surface area contributed by atoms with Crippen molar-refractivity contribution in [3.05, 3.63) is 29.0 Å². The molecule has 1 aromatic heterocycles. The summed E-state index contributed by atoms with van der Waals surface area (Å²) >= 11 is 5.70. The van der Waals surface area contributed by atoms with Gasteiger partial charge in [0.05, 0.1) is 10.6 Å². The van der Waals surface area contributed by atoms with Gasteiger partial charge in [-0.05, 0) is 6.07 Å². The van der Waals surface area contributed by atoms with Crippen LogP contribution in [0.25, 0.3) is 0 Å². The van der Waals surface area contributed by atoms with Gasteiger partial charge in [-0.2, -0.15) is 0 Å². The van der Waals surface area contributed by atoms with Gasteiger partial charge in [0.1, 0.15) is 0 Å². The lowest BCUT2D eigenvalue weighted by Gasteiger charge is -1.99. The number of amides is 1. The molecule has 1 rings (SSSR count). The molecule has 0 saturated heterocycles. The van der Waals surface area contributed by atoms with Gasteiger partial charge in [0.15, 0.2) is 0 Å². The maximum atomic E-state index is 11.0. The summed E-state index contributed by atoms with van der Waals surface area (Å²) in [5.74, 6) is -0.219. The summed E-state index contributed by atoms with van der Waals surface area (Å²) in [6, 6.07) is 1.58. The zero-order valence-corrected chi connectivity index (χ0v) is 6.72. The van der Waals surface area contributed by atoms with Crippen molar-refractivity contribution in [1.29, 1.82) is 0 Å². The highest BCUT2D eigenvalue weighted by atomic mass is 35.5. The smallest absolute Gasteiger partial charge is 0.254 e. The number of hydrogen-bond acceptors (Lipinski definition) is 2. The Morgan fingerprint density at radius 1 is 1.73 bits per heavy atom. The molecule has 0 aromatic carbocycles. The fourth-order valence-corrected chi connectivity index (χ4v) is 0.870. The lowest BCUT2D eigenvalue weighted by molar-refractivity contribution is 0.0963. The minimum absolute atomic E-state index is 0.219. The summed E-state index contributed by atoms with van der Waals surface area (Å²) < 4.78 is 0. The maximum absolute atomic E-state index is 11.0. The van der Waals surface area contributed by atoms with E-state index in [1.807, 2.05) is 0 Å². The summed E-state index contributed by atoms with van der Waals surface area (Å²) in [6.45, 7) is 0. The van der Waals surface area contributed by atoms with Gasteiger partial charge in [-0.1, -0.05) is 11.6 Å². The second-order valence-electron chi connectivity index (χ2n) is 1.93. The molecule has 58 valence electrons. The van der Waals surface area contributed by atoms with Gasteiger partial charge >= 0.3 is 0 Å². The molecule has 0 saturated carbocycles. The zero-order chi connectivity index (χ0) is 8.27. The quantitative estimate of drug-likeness (QED) is 0.686. The Morgan fingerprint density at radius 3 is 3.00 bits per heavy atom. The van der Waals surface area contributed by atoms with Crippen molar-refractivity contribution in [2.75, 3.05) is 7.05 Å². The van der Waals surface area contributed by atoms with Crippen molar-refractivity contribution in [2.24, 2.45) is 0 Å². The summed E-state index contributed by atoms with van der Waals surface area (Å²) in [4.78, 5) is 14.8. The molecule has 0 radical (unpaired) electrons. The van der Waals surface area contributed by atoms with E-state index in [-0.39, 0.29) is 5.91 Å². The monoisotopic (exact) mass is 170 g/mol. The van der Waals surface area contributed by atoms with E-state index in [0.717, 1.165) is 0 Å². The van der Waals surface area contributed by atoms with Crippen LogP contribution in [0, 0.1) is 0 Å². The topological polar surface area (TPSA) is 42.0 Å². The third-order valence-corrected chi connectivity index (χ3v) is 1.57. The lowest BCUT2D eigenvalue weighted by atomic mass is 10.3. The molecule has 0 bridgehead atoms. The summed E-state index contributed by atoms with van der Waals surface area (Å²) in [5.41, 5.74) is 0.400. The van der Waals surface area contributed by atoms with Crippen molar-refractivity contribution in [3.8, 4) is 0 Å². The van der Waals surface area contributed by atoms with Crippen LogP contribution in [0.2, 0.25) is 5.02 Å². The molecule has 11 heavy (non-hydrogen) atoms. The van der Waals surface area contributed by atoms with Crippen molar-refractivity contribution >= 4 is 17.5 Å². The normalized spacial score (nSPS) is 9.27. The van der Waals surface area contributed by atoms with Crippen molar-refractivity contribution < 1.29 is 4.79 Å². The second-order valence-corrected chi connectivity index (χ2v) is 2.34. The van der Waals surface area contributed by atoms with Crippen molar-refractivity contribution in [1.82, 2.24) is 10.3 Å². The molecule has 0 aliphatic heterocycles. The van der Waals surface area contributed by atoms with Crippen LogP contribution in [0.3, 0.4) is 0 Å². The average molecular weight is 171 g/mol. The number of aromatic nitrogens is 1. The standard InChI is InChI=1S/C7H7ClN2O/c1-9-7(11)5-4-10-3-2-6(5)8/h2-4H,1H3,(H,9,11). The molecule has 0 atom stereocenters. The zero-order valence-electron chi connectivity index (χ0n) is 5.97. The van der Waals surface area contributed by atoms with E-state index < -0.39 is 0 Å². The number of carbonyl (C=O) groups is 1. The lowest BCUT2D eigenvalue weighted by Crippen LogP contribution is -2.18. The SMILES string of the molecule is CNC(=O)c1cnccc1Cl. The Balaban J connectivity index is 3.03. The van der Waals surface area contributed by atoms with Crippen LogP contribution in [0.1, 0.15) is 10.4 Å². The largest absolute Gasteiger partial charge is 0.355 e. The van der Waals surface area contributed by atoms with E-state index >= 15 is 0 Å². The molecule has 0 fully saturated rings. The van der Waals surface area contributed by atoms with Gasteiger partial charge in [-0.25, -0.2) is 0 Å². The van der Waals surface area contributed by atoms with Crippen LogP contribution < -0.4 is 5.32 Å². The molecule has 0 unspecified atom stereocenters. The number of nitrogens with zero attached hydrogens (tertiary/aromatic N) is 1. The van der Waals surface area contributed by atoms with Gasteiger partial charge in [0.2, 0.25) is 0 Å². The van der Waals surface area contributed by atoms with E-state index in [1.54, 1.807) is 13.1 Å². The first-order valence-corrected chi connectivity index (χ1v) is 3.45. The Kier molecular flexibility index (Phi) is 2.44. The fraction of sp³-hybridized carbons (Fsp3) is 0.143. The Bertz CT molecular complexity index is 275. The van der Waals surface area contributed by atoms with Gasteiger partial charge in [0.25, 0.3) is 5.91 Å². The summed E-state index contributed by atoms with van der Waals surface area (Å²) in [5, 5.41) is 2.87. The van der Waals surface area contributed by atoms with E-state index in [4.69, 9.17) is 11.6 Å². The number of nitrogens with one attached hydrogen (secondary N) is 1. The molecule has 1 N–H and O–H groups in total. The van der Waals surface area contributed by atoms with Gasteiger partial charge in [-0.3, -0.25) is 9.78 Å². The first kappa shape index (κ1) is 8.01. The highest BCUT2D eigenvalue weighted by Crippen LogP contribution is 2.12. The van der Waals surface area contributed by atoms with E-state index in [1.165, 1.54) is 12.4 Å². The molecule has 0 spiro atoms. The highest BCUT2D eigenvalue weighted by molar-refractivity contribution is 6.33. The van der Waals surface area contributed by atoms with Gasteiger partial charge < -0.3 is 5.32 Å². The third kappa shape index (κ3) is 1.68. The fourth-order valence-electron chi connectivity index (χ4n) is 0.679. The van der Waals surface area contributed by atoms with Gasteiger partial charge in [0, 0.05) is 19.4 Å². The molecule has 1 amide bonds. The third-order valence-electron chi connectivity index (χ3n) is 1.24. The number of rotatable bonds is 1. The van der Waals surface area contributed by atoms with Crippen molar-refractivity contribution in [3.63, 3.8) is 0 Å². The Labute approximate surface area is 69.4 Å². The molecule has 1 aromatic rings. The molecular weight excluding hydrogens is 164 g/mol. The minimum Gasteiger partial charge on any atom is -0.355 e. The predicted octanol–water partition coefficient (Wildman–Crippen LogP) is 1.09. The van der Waals surface area contributed by atoms with Crippen LogP contribution in [0.15, 0.2) is 18.5 Å². The van der Waals surface area contributed by atoms with Crippen LogP contribution in [-0.2, 0) is 0 Å². The number of halogens is 1. The first-order chi connectivity index (χ1) is 5.25. The van der Waals surface area contributed by atoms with E-state index in [2.05, 4.69) is 10.3 Å². The van der Waals surface area contributed by atoms with Crippen molar-refractivity contribution in [2.45, 2.75) is 0 Å². The molecular formula is C7H7ClN2O. The molecule has 1 heterocycles. The summed E-state index contributed by atoms with van der Waals surface area (Å²) in [7, 11) is 1.55. The van der Waals surface area contributed by atoms with E-state index in [9.17, 15) is 4.79 Å². The van der Waals surface area contributed by atoms with Crippen LogP contribution in [0.4, 0.5) is 0 Å². The first-order valence-electron chi connectivity index (χ1n) is 3.07. The van der Waals surface area contributed by atoms with Crippen LogP contribution in [-0.4, -0.2) is 17.9 Å². The second kappa shape index (κ2) is 3.34. The number of carbonyl (C=O) groups excluding carboxylic acids is 1.